The number of benzene rings is 1. The standard InChI is InChI=1S/C27H30ClN5OS/c1-17(2)26(34)30-21-13-12-19(16-20(21)28)33-25(23-11-7-15-32(23)18-8-3-4-9-18)24(31-27(33)35)22-10-5-6-14-29-22/h5-7,10-18,24-25H,3-4,8-9H2,1-2H3,(H,30,34)(H,31,35)/t24-,25+/m0/s1. The van der Waals surface area contributed by atoms with Crippen molar-refractivity contribution < 1.29 is 4.79 Å². The maximum atomic E-state index is 12.2. The van der Waals surface area contributed by atoms with Crippen LogP contribution >= 0.6 is 23.8 Å². The van der Waals surface area contributed by atoms with E-state index in [1.54, 1.807) is 0 Å². The lowest BCUT2D eigenvalue weighted by Crippen LogP contribution is -2.30. The number of hydrogen-bond acceptors (Lipinski definition) is 3. The third kappa shape index (κ3) is 4.67. The van der Waals surface area contributed by atoms with E-state index in [9.17, 15) is 4.79 Å². The summed E-state index contributed by atoms with van der Waals surface area (Å²) in [6, 6.07) is 16.3. The van der Waals surface area contributed by atoms with Gasteiger partial charge in [-0.2, -0.15) is 0 Å². The fourth-order valence-electron chi connectivity index (χ4n) is 5.14. The molecule has 5 rings (SSSR count). The molecule has 1 amide bonds. The molecule has 2 fully saturated rings. The molecule has 1 aliphatic carbocycles. The molecule has 1 aliphatic heterocycles. The highest BCUT2D eigenvalue weighted by molar-refractivity contribution is 7.80. The first-order valence-electron chi connectivity index (χ1n) is 12.2. The maximum absolute atomic E-state index is 12.2. The number of hydrogen-bond donors (Lipinski definition) is 2. The van der Waals surface area contributed by atoms with Gasteiger partial charge in [-0.15, -0.1) is 0 Å². The minimum absolute atomic E-state index is 0.0690. The van der Waals surface area contributed by atoms with Crippen LogP contribution in [-0.2, 0) is 4.79 Å². The van der Waals surface area contributed by atoms with Crippen LogP contribution in [0.3, 0.4) is 0 Å². The molecule has 0 spiro atoms. The second-order valence-corrected chi connectivity index (χ2v) is 10.4. The van der Waals surface area contributed by atoms with Gasteiger partial charge in [-0.3, -0.25) is 9.78 Å². The number of carbonyl (C=O) groups is 1. The SMILES string of the molecule is CC(C)C(=O)Nc1ccc(N2C(=S)N[C@@H](c3ccccn3)[C@H]2c2cccn2C2CCCC2)cc1Cl. The van der Waals surface area contributed by atoms with Crippen molar-refractivity contribution in [1.29, 1.82) is 0 Å². The predicted octanol–water partition coefficient (Wildman–Crippen LogP) is 6.42. The normalized spacial score (nSPS) is 20.5. The lowest BCUT2D eigenvalue weighted by Gasteiger charge is -2.30. The van der Waals surface area contributed by atoms with E-state index in [1.165, 1.54) is 31.4 Å². The molecule has 0 radical (unpaired) electrons. The predicted molar refractivity (Wildman–Crippen MR) is 145 cm³/mol. The number of nitrogens with one attached hydrogen (secondary N) is 2. The van der Waals surface area contributed by atoms with Gasteiger partial charge in [0, 0.05) is 35.7 Å². The van der Waals surface area contributed by atoms with Gasteiger partial charge in [-0.1, -0.05) is 44.4 Å². The topological polar surface area (TPSA) is 62.2 Å². The lowest BCUT2D eigenvalue weighted by molar-refractivity contribution is -0.118. The maximum Gasteiger partial charge on any atom is 0.226 e. The first-order valence-corrected chi connectivity index (χ1v) is 13.0. The molecular weight excluding hydrogens is 478 g/mol. The summed E-state index contributed by atoms with van der Waals surface area (Å²) >= 11 is 12.5. The molecule has 2 aliphatic rings. The first-order chi connectivity index (χ1) is 16.9. The lowest BCUT2D eigenvalue weighted by atomic mass is 10.00. The van der Waals surface area contributed by atoms with E-state index < -0.39 is 0 Å². The molecule has 2 N–H and O–H groups in total. The number of carbonyl (C=O) groups excluding carboxylic acids is 1. The summed E-state index contributed by atoms with van der Waals surface area (Å²) in [6.45, 7) is 3.71. The van der Waals surface area contributed by atoms with Crippen LogP contribution in [-0.4, -0.2) is 20.6 Å². The Labute approximate surface area is 216 Å². The first kappa shape index (κ1) is 23.8. The molecular formula is C27H30ClN5OS. The van der Waals surface area contributed by atoms with Crippen molar-refractivity contribution in [3.05, 3.63) is 77.3 Å². The highest BCUT2D eigenvalue weighted by Gasteiger charge is 2.42. The zero-order valence-electron chi connectivity index (χ0n) is 19.9. The summed E-state index contributed by atoms with van der Waals surface area (Å²) < 4.78 is 2.43. The van der Waals surface area contributed by atoms with E-state index >= 15 is 0 Å². The number of rotatable bonds is 6. The van der Waals surface area contributed by atoms with Crippen LogP contribution in [0.4, 0.5) is 11.4 Å². The second kappa shape index (κ2) is 9.99. The van der Waals surface area contributed by atoms with Crippen LogP contribution in [0.15, 0.2) is 60.9 Å². The van der Waals surface area contributed by atoms with Crippen LogP contribution in [0.2, 0.25) is 5.02 Å². The number of anilines is 2. The quantitative estimate of drug-likeness (QED) is 0.377. The van der Waals surface area contributed by atoms with Gasteiger partial charge >= 0.3 is 0 Å². The molecule has 0 bridgehead atoms. The molecule has 2 aromatic heterocycles. The van der Waals surface area contributed by atoms with Crippen molar-refractivity contribution in [3.63, 3.8) is 0 Å². The van der Waals surface area contributed by atoms with E-state index in [0.29, 0.717) is 21.9 Å². The smallest absolute Gasteiger partial charge is 0.226 e. The molecule has 0 unspecified atom stereocenters. The molecule has 1 saturated heterocycles. The van der Waals surface area contributed by atoms with E-state index in [4.69, 9.17) is 23.8 Å². The summed E-state index contributed by atoms with van der Waals surface area (Å²) in [5.74, 6) is -0.200. The van der Waals surface area contributed by atoms with Crippen molar-refractivity contribution >= 4 is 46.2 Å². The molecule has 1 aromatic carbocycles. The largest absolute Gasteiger partial charge is 0.351 e. The summed E-state index contributed by atoms with van der Waals surface area (Å²) in [4.78, 5) is 19.0. The molecule has 1 saturated carbocycles. The summed E-state index contributed by atoms with van der Waals surface area (Å²) in [6.07, 6.45) is 8.91. The summed E-state index contributed by atoms with van der Waals surface area (Å²) in [5.41, 5.74) is 3.61. The minimum atomic E-state index is -0.131. The average molecular weight is 508 g/mol. The van der Waals surface area contributed by atoms with Gasteiger partial charge in [0.15, 0.2) is 5.11 Å². The van der Waals surface area contributed by atoms with Crippen molar-refractivity contribution in [2.75, 3.05) is 10.2 Å². The Hall–Kier alpha value is -2.90. The fourth-order valence-corrected chi connectivity index (χ4v) is 5.71. The molecule has 3 heterocycles. The Morgan fingerprint density at radius 2 is 1.97 bits per heavy atom. The van der Waals surface area contributed by atoms with Gasteiger partial charge in [-0.25, -0.2) is 0 Å². The van der Waals surface area contributed by atoms with Gasteiger partial charge in [0.05, 0.1) is 22.4 Å². The van der Waals surface area contributed by atoms with Gasteiger partial charge in [0.25, 0.3) is 0 Å². The second-order valence-electron chi connectivity index (χ2n) is 9.58. The van der Waals surface area contributed by atoms with E-state index in [0.717, 1.165) is 11.4 Å². The summed E-state index contributed by atoms with van der Waals surface area (Å²) in [7, 11) is 0. The summed E-state index contributed by atoms with van der Waals surface area (Å²) in [5, 5.41) is 7.53. The van der Waals surface area contributed by atoms with E-state index in [2.05, 4.69) is 43.4 Å². The number of pyridine rings is 1. The van der Waals surface area contributed by atoms with Crippen molar-refractivity contribution in [1.82, 2.24) is 14.9 Å². The Balaban J connectivity index is 1.56. The van der Waals surface area contributed by atoms with Crippen LogP contribution in [0.5, 0.6) is 0 Å². The van der Waals surface area contributed by atoms with E-state index in [1.807, 2.05) is 56.4 Å². The number of aromatic nitrogens is 2. The number of amides is 1. The molecule has 2 atom stereocenters. The van der Waals surface area contributed by atoms with Crippen LogP contribution in [0.25, 0.3) is 0 Å². The Morgan fingerprint density at radius 3 is 2.66 bits per heavy atom. The fraction of sp³-hybridized carbons (Fsp3) is 0.370. The minimum Gasteiger partial charge on any atom is -0.351 e. The third-order valence-corrected chi connectivity index (χ3v) is 7.57. The number of halogens is 1. The molecule has 6 nitrogen and oxygen atoms in total. The Kier molecular flexibility index (Phi) is 6.80. The number of nitrogens with zero attached hydrogens (tertiary/aromatic N) is 3. The molecule has 182 valence electrons. The van der Waals surface area contributed by atoms with Crippen molar-refractivity contribution in [2.24, 2.45) is 5.92 Å². The highest BCUT2D eigenvalue weighted by atomic mass is 35.5. The molecule has 3 aromatic rings. The molecule has 8 heteroatoms. The van der Waals surface area contributed by atoms with Gasteiger partial charge in [-0.05, 0) is 67.5 Å². The number of thiocarbonyl (C=S) groups is 1. The van der Waals surface area contributed by atoms with Crippen LogP contribution < -0.4 is 15.5 Å². The van der Waals surface area contributed by atoms with E-state index in [-0.39, 0.29) is 23.9 Å². The van der Waals surface area contributed by atoms with Gasteiger partial charge in [0.2, 0.25) is 5.91 Å². The van der Waals surface area contributed by atoms with Crippen molar-refractivity contribution in [3.8, 4) is 0 Å². The van der Waals surface area contributed by atoms with Gasteiger partial charge in [0.1, 0.15) is 6.04 Å². The molecule has 35 heavy (non-hydrogen) atoms. The Bertz CT molecular complexity index is 1220. The van der Waals surface area contributed by atoms with Crippen molar-refractivity contribution in [2.45, 2.75) is 57.7 Å². The highest BCUT2D eigenvalue weighted by Crippen LogP contribution is 2.44. The Morgan fingerprint density at radius 1 is 1.17 bits per heavy atom. The third-order valence-electron chi connectivity index (χ3n) is 6.94. The van der Waals surface area contributed by atoms with Gasteiger partial charge < -0.3 is 20.1 Å². The average Bonchev–Trinajstić information content (AvgIpc) is 3.60. The zero-order chi connectivity index (χ0) is 24.5. The zero-order valence-corrected chi connectivity index (χ0v) is 21.5. The monoisotopic (exact) mass is 507 g/mol. The van der Waals surface area contributed by atoms with Crippen LogP contribution in [0, 0.1) is 5.92 Å². The van der Waals surface area contributed by atoms with Crippen LogP contribution in [0.1, 0.15) is 69.0 Å².